The second-order valence-corrected chi connectivity index (χ2v) is 2.81. The number of nitrogens with zero attached hydrogens (tertiary/aromatic N) is 2. The third kappa shape index (κ3) is 1.12. The van der Waals surface area contributed by atoms with E-state index in [2.05, 4.69) is 11.0 Å². The summed E-state index contributed by atoms with van der Waals surface area (Å²) in [4.78, 5) is 11.0. The van der Waals surface area contributed by atoms with Gasteiger partial charge < -0.3 is 5.73 Å². The molecule has 0 atom stereocenters. The highest BCUT2D eigenvalue weighted by Crippen LogP contribution is 2.09. The predicted molar refractivity (Wildman–Crippen MR) is 51.6 cm³/mol. The minimum absolute atomic E-state index is 0.394. The van der Waals surface area contributed by atoms with Crippen LogP contribution in [-0.4, -0.2) is 15.5 Å². The molecule has 0 radical (unpaired) electrons. The molecule has 4 nitrogen and oxygen atoms in total. The van der Waals surface area contributed by atoms with Crippen molar-refractivity contribution in [3.63, 3.8) is 0 Å². The lowest BCUT2D eigenvalue weighted by molar-refractivity contribution is 0.1000. The van der Waals surface area contributed by atoms with Crippen molar-refractivity contribution in [3.8, 4) is 12.3 Å². The monoisotopic (exact) mass is 185 g/mol. The van der Waals surface area contributed by atoms with Crippen LogP contribution >= 0.6 is 0 Å². The molecule has 2 N–H and O–H groups in total. The zero-order valence-corrected chi connectivity index (χ0v) is 7.27. The van der Waals surface area contributed by atoms with E-state index in [1.807, 2.05) is 0 Å². The van der Waals surface area contributed by atoms with Gasteiger partial charge in [-0.25, -0.2) is 4.52 Å². The van der Waals surface area contributed by atoms with Crippen LogP contribution in [0.5, 0.6) is 0 Å². The first-order valence-electron chi connectivity index (χ1n) is 3.96. The van der Waals surface area contributed by atoms with Crippen LogP contribution in [-0.2, 0) is 0 Å². The zero-order chi connectivity index (χ0) is 10.1. The van der Waals surface area contributed by atoms with Gasteiger partial charge in [0.05, 0.1) is 11.7 Å². The topological polar surface area (TPSA) is 60.4 Å². The molecule has 14 heavy (non-hydrogen) atoms. The van der Waals surface area contributed by atoms with Gasteiger partial charge in [-0.1, -0.05) is 5.92 Å². The maximum Gasteiger partial charge on any atom is 0.248 e. The number of primary amides is 1. The molecular weight excluding hydrogens is 178 g/mol. The Labute approximate surface area is 80.3 Å². The normalized spacial score (nSPS) is 9.93. The molecule has 0 fully saturated rings. The van der Waals surface area contributed by atoms with Crippen molar-refractivity contribution >= 4 is 11.4 Å². The highest BCUT2D eigenvalue weighted by Gasteiger charge is 2.06. The van der Waals surface area contributed by atoms with Gasteiger partial charge in [-0.05, 0) is 18.2 Å². The van der Waals surface area contributed by atoms with E-state index < -0.39 is 5.91 Å². The van der Waals surface area contributed by atoms with E-state index in [9.17, 15) is 4.79 Å². The molecule has 2 aromatic heterocycles. The molecule has 0 aromatic carbocycles. The molecule has 4 heteroatoms. The summed E-state index contributed by atoms with van der Waals surface area (Å²) >= 11 is 0. The average molecular weight is 185 g/mol. The van der Waals surface area contributed by atoms with Crippen LogP contribution in [0, 0.1) is 12.3 Å². The SMILES string of the molecule is C#Cc1cc(C(N)=O)cc2ccnn12. The molecule has 0 unspecified atom stereocenters. The lowest BCUT2D eigenvalue weighted by Crippen LogP contribution is -2.12. The predicted octanol–water partition coefficient (Wildman–Crippen LogP) is 0.414. The van der Waals surface area contributed by atoms with Gasteiger partial charge in [-0.3, -0.25) is 4.79 Å². The summed E-state index contributed by atoms with van der Waals surface area (Å²) in [6, 6.07) is 4.95. The number of aromatic nitrogens is 2. The van der Waals surface area contributed by atoms with Gasteiger partial charge in [0.25, 0.3) is 0 Å². The average Bonchev–Trinajstić information content (AvgIpc) is 2.63. The Hall–Kier alpha value is -2.28. The van der Waals surface area contributed by atoms with Crippen molar-refractivity contribution in [3.05, 3.63) is 35.7 Å². The van der Waals surface area contributed by atoms with Crippen LogP contribution in [0.25, 0.3) is 5.52 Å². The molecular formula is C10H7N3O. The number of rotatable bonds is 1. The second kappa shape index (κ2) is 2.89. The van der Waals surface area contributed by atoms with Crippen LogP contribution in [0.3, 0.4) is 0 Å². The number of hydrogen-bond acceptors (Lipinski definition) is 2. The first kappa shape index (κ1) is 8.32. The quantitative estimate of drug-likeness (QED) is 0.654. The summed E-state index contributed by atoms with van der Waals surface area (Å²) < 4.78 is 1.58. The second-order valence-electron chi connectivity index (χ2n) is 2.81. The van der Waals surface area contributed by atoms with E-state index in [0.717, 1.165) is 5.52 Å². The van der Waals surface area contributed by atoms with Gasteiger partial charge in [-0.15, -0.1) is 6.42 Å². The lowest BCUT2D eigenvalue weighted by atomic mass is 10.2. The molecule has 0 saturated carbocycles. The van der Waals surface area contributed by atoms with E-state index in [0.29, 0.717) is 11.3 Å². The summed E-state index contributed by atoms with van der Waals surface area (Å²) in [5, 5.41) is 4.01. The number of hydrogen-bond donors (Lipinski definition) is 1. The van der Waals surface area contributed by atoms with Crippen molar-refractivity contribution in [1.29, 1.82) is 0 Å². The van der Waals surface area contributed by atoms with E-state index >= 15 is 0 Å². The Morgan fingerprint density at radius 3 is 3.00 bits per heavy atom. The van der Waals surface area contributed by atoms with Crippen LogP contribution in [0.15, 0.2) is 24.4 Å². The molecule has 0 bridgehead atoms. The number of pyridine rings is 1. The Morgan fingerprint density at radius 1 is 1.57 bits per heavy atom. The zero-order valence-electron chi connectivity index (χ0n) is 7.27. The number of carbonyl (C=O) groups excluding carboxylic acids is 1. The maximum absolute atomic E-state index is 11.0. The van der Waals surface area contributed by atoms with Gasteiger partial charge >= 0.3 is 0 Å². The molecule has 0 saturated heterocycles. The van der Waals surface area contributed by atoms with Crippen LogP contribution < -0.4 is 5.73 Å². The van der Waals surface area contributed by atoms with Crippen molar-refractivity contribution in [2.45, 2.75) is 0 Å². The number of nitrogens with two attached hydrogens (primary N) is 1. The first-order valence-corrected chi connectivity index (χ1v) is 3.96. The van der Waals surface area contributed by atoms with Gasteiger partial charge in [0.1, 0.15) is 5.69 Å². The Bertz CT molecular complexity index is 548. The Morgan fingerprint density at radius 2 is 2.36 bits per heavy atom. The number of terminal acetylenes is 1. The van der Waals surface area contributed by atoms with Crippen molar-refractivity contribution in [2.24, 2.45) is 5.73 Å². The van der Waals surface area contributed by atoms with Gasteiger partial charge in [0.15, 0.2) is 0 Å². The number of fused-ring (bicyclic) bond motifs is 1. The number of amides is 1. The summed E-state index contributed by atoms with van der Waals surface area (Å²) in [6.45, 7) is 0. The smallest absolute Gasteiger partial charge is 0.248 e. The number of carbonyl (C=O) groups is 1. The van der Waals surface area contributed by atoms with E-state index in [-0.39, 0.29) is 0 Å². The molecule has 0 aliphatic rings. The van der Waals surface area contributed by atoms with Crippen LogP contribution in [0.1, 0.15) is 16.1 Å². The molecule has 68 valence electrons. The van der Waals surface area contributed by atoms with Gasteiger partial charge in [0, 0.05) is 5.56 Å². The largest absolute Gasteiger partial charge is 0.366 e. The van der Waals surface area contributed by atoms with Gasteiger partial charge in [-0.2, -0.15) is 5.10 Å². The first-order chi connectivity index (χ1) is 6.72. The minimum atomic E-state index is -0.495. The van der Waals surface area contributed by atoms with Gasteiger partial charge in [0.2, 0.25) is 5.91 Å². The summed E-state index contributed by atoms with van der Waals surface area (Å²) in [5.74, 6) is 1.95. The molecule has 2 rings (SSSR count). The molecule has 1 amide bonds. The highest BCUT2D eigenvalue weighted by molar-refractivity contribution is 5.94. The Balaban J connectivity index is 2.82. The standard InChI is InChI=1S/C10H7N3O/c1-2-8-5-7(10(11)14)6-9-3-4-12-13(8)9/h1,3-6H,(H2,11,14). The minimum Gasteiger partial charge on any atom is -0.366 e. The molecule has 0 aliphatic carbocycles. The third-order valence-electron chi connectivity index (χ3n) is 1.93. The third-order valence-corrected chi connectivity index (χ3v) is 1.93. The Kier molecular flexibility index (Phi) is 1.72. The van der Waals surface area contributed by atoms with Crippen molar-refractivity contribution in [1.82, 2.24) is 9.61 Å². The van der Waals surface area contributed by atoms with Crippen molar-refractivity contribution < 1.29 is 4.79 Å². The van der Waals surface area contributed by atoms with Crippen LogP contribution in [0.4, 0.5) is 0 Å². The van der Waals surface area contributed by atoms with E-state index in [4.69, 9.17) is 12.2 Å². The summed E-state index contributed by atoms with van der Waals surface area (Å²) in [5.41, 5.74) is 6.83. The summed E-state index contributed by atoms with van der Waals surface area (Å²) in [6.07, 6.45) is 6.89. The van der Waals surface area contributed by atoms with Crippen molar-refractivity contribution in [2.75, 3.05) is 0 Å². The molecule has 0 aliphatic heterocycles. The molecule has 0 spiro atoms. The lowest BCUT2D eigenvalue weighted by Gasteiger charge is -2.00. The fourth-order valence-electron chi connectivity index (χ4n) is 1.28. The maximum atomic E-state index is 11.0. The van der Waals surface area contributed by atoms with E-state index in [1.54, 1.807) is 28.9 Å². The molecule has 2 aromatic rings. The summed E-state index contributed by atoms with van der Waals surface area (Å²) in [7, 11) is 0. The van der Waals surface area contributed by atoms with Crippen LogP contribution in [0.2, 0.25) is 0 Å². The fraction of sp³-hybridized carbons (Fsp3) is 0. The highest BCUT2D eigenvalue weighted by atomic mass is 16.1. The fourth-order valence-corrected chi connectivity index (χ4v) is 1.28. The molecule has 2 heterocycles. The van der Waals surface area contributed by atoms with E-state index in [1.165, 1.54) is 0 Å².